The van der Waals surface area contributed by atoms with E-state index in [1.54, 1.807) is 0 Å². The summed E-state index contributed by atoms with van der Waals surface area (Å²) >= 11 is 0. The fourth-order valence-corrected chi connectivity index (χ4v) is 3.66. The number of nitrogens with two attached hydrogens (primary N) is 1. The standard InChI is InChI=1S/C16H22N2O2/c17-7-8-20-15-4-2-1-3-14(15)18-16(19)13-10-11-5-6-12(13)9-11/h1-4,11-13H,5-10,17H2,(H,18,19). The molecule has 2 bridgehead atoms. The Kier molecular flexibility index (Phi) is 3.92. The predicted molar refractivity (Wildman–Crippen MR) is 78.6 cm³/mol. The highest BCUT2D eigenvalue weighted by Crippen LogP contribution is 2.48. The third-order valence-corrected chi connectivity index (χ3v) is 4.60. The van der Waals surface area contributed by atoms with Crippen LogP contribution in [0.3, 0.4) is 0 Å². The Hall–Kier alpha value is -1.55. The lowest BCUT2D eigenvalue weighted by Gasteiger charge is -2.21. The molecule has 0 spiro atoms. The first-order chi connectivity index (χ1) is 9.78. The van der Waals surface area contributed by atoms with Gasteiger partial charge in [0.1, 0.15) is 12.4 Å². The van der Waals surface area contributed by atoms with Crippen molar-refractivity contribution in [3.8, 4) is 5.75 Å². The molecule has 2 aliphatic carbocycles. The van der Waals surface area contributed by atoms with Crippen LogP contribution in [0, 0.1) is 17.8 Å². The molecule has 0 saturated heterocycles. The maximum Gasteiger partial charge on any atom is 0.227 e. The van der Waals surface area contributed by atoms with Crippen molar-refractivity contribution in [2.45, 2.75) is 25.7 Å². The van der Waals surface area contributed by atoms with Crippen molar-refractivity contribution in [3.05, 3.63) is 24.3 Å². The Balaban J connectivity index is 1.66. The molecule has 3 rings (SSSR count). The number of carbonyl (C=O) groups is 1. The molecule has 0 aliphatic heterocycles. The van der Waals surface area contributed by atoms with Gasteiger partial charge in [-0.05, 0) is 43.2 Å². The van der Waals surface area contributed by atoms with Crippen LogP contribution in [0.5, 0.6) is 5.75 Å². The second kappa shape index (κ2) is 5.83. The topological polar surface area (TPSA) is 64.3 Å². The molecule has 2 saturated carbocycles. The van der Waals surface area contributed by atoms with Crippen LogP contribution in [-0.2, 0) is 4.79 Å². The number of para-hydroxylation sites is 2. The van der Waals surface area contributed by atoms with Crippen LogP contribution in [0.4, 0.5) is 5.69 Å². The zero-order valence-electron chi connectivity index (χ0n) is 11.7. The predicted octanol–water partition coefficient (Wildman–Crippen LogP) is 2.40. The van der Waals surface area contributed by atoms with Gasteiger partial charge in [-0.25, -0.2) is 0 Å². The third kappa shape index (κ3) is 2.66. The minimum Gasteiger partial charge on any atom is -0.490 e. The number of anilines is 1. The zero-order chi connectivity index (χ0) is 13.9. The first-order valence-electron chi connectivity index (χ1n) is 7.50. The van der Waals surface area contributed by atoms with E-state index in [1.807, 2.05) is 24.3 Å². The monoisotopic (exact) mass is 274 g/mol. The van der Waals surface area contributed by atoms with Gasteiger partial charge in [-0.3, -0.25) is 4.79 Å². The first-order valence-corrected chi connectivity index (χ1v) is 7.50. The molecule has 0 aromatic heterocycles. The van der Waals surface area contributed by atoms with E-state index in [2.05, 4.69) is 5.32 Å². The Morgan fingerprint density at radius 2 is 2.15 bits per heavy atom. The maximum atomic E-state index is 12.4. The molecule has 3 atom stereocenters. The molecule has 4 heteroatoms. The van der Waals surface area contributed by atoms with Crippen LogP contribution < -0.4 is 15.8 Å². The second-order valence-electron chi connectivity index (χ2n) is 5.90. The molecule has 0 heterocycles. The fraction of sp³-hybridized carbons (Fsp3) is 0.562. The lowest BCUT2D eigenvalue weighted by atomic mass is 9.88. The number of amides is 1. The Morgan fingerprint density at radius 1 is 1.30 bits per heavy atom. The summed E-state index contributed by atoms with van der Waals surface area (Å²) in [6, 6.07) is 7.56. The average molecular weight is 274 g/mol. The van der Waals surface area contributed by atoms with Crippen LogP contribution in [0.25, 0.3) is 0 Å². The molecule has 3 N–H and O–H groups in total. The van der Waals surface area contributed by atoms with Crippen LogP contribution in [0.15, 0.2) is 24.3 Å². The molecule has 108 valence electrons. The van der Waals surface area contributed by atoms with E-state index >= 15 is 0 Å². The average Bonchev–Trinajstić information content (AvgIpc) is 3.09. The molecule has 1 aromatic rings. The van der Waals surface area contributed by atoms with Crippen molar-refractivity contribution in [1.29, 1.82) is 0 Å². The van der Waals surface area contributed by atoms with Gasteiger partial charge in [0.2, 0.25) is 5.91 Å². The van der Waals surface area contributed by atoms with Crippen molar-refractivity contribution in [2.75, 3.05) is 18.5 Å². The van der Waals surface area contributed by atoms with Gasteiger partial charge in [-0.1, -0.05) is 18.6 Å². The largest absolute Gasteiger partial charge is 0.490 e. The number of rotatable bonds is 5. The SMILES string of the molecule is NCCOc1ccccc1NC(=O)C1CC2CCC1C2. The van der Waals surface area contributed by atoms with Gasteiger partial charge >= 0.3 is 0 Å². The normalized spacial score (nSPS) is 27.6. The number of hydrogen-bond donors (Lipinski definition) is 2. The van der Waals surface area contributed by atoms with Crippen LogP contribution in [-0.4, -0.2) is 19.1 Å². The van der Waals surface area contributed by atoms with E-state index in [9.17, 15) is 4.79 Å². The zero-order valence-corrected chi connectivity index (χ0v) is 11.7. The van der Waals surface area contributed by atoms with E-state index in [4.69, 9.17) is 10.5 Å². The summed E-state index contributed by atoms with van der Waals surface area (Å²) in [7, 11) is 0. The van der Waals surface area contributed by atoms with Gasteiger partial charge in [-0.2, -0.15) is 0 Å². The van der Waals surface area contributed by atoms with Gasteiger partial charge in [0.15, 0.2) is 0 Å². The number of ether oxygens (including phenoxy) is 1. The minimum absolute atomic E-state index is 0.154. The van der Waals surface area contributed by atoms with Crippen molar-refractivity contribution in [1.82, 2.24) is 0 Å². The van der Waals surface area contributed by atoms with Crippen molar-refractivity contribution in [2.24, 2.45) is 23.5 Å². The quantitative estimate of drug-likeness (QED) is 0.866. The van der Waals surface area contributed by atoms with E-state index in [0.717, 1.165) is 18.0 Å². The first kappa shape index (κ1) is 13.4. The molecule has 0 radical (unpaired) electrons. The number of carbonyl (C=O) groups excluding carboxylic acids is 1. The van der Waals surface area contributed by atoms with E-state index in [0.29, 0.717) is 24.8 Å². The minimum atomic E-state index is 0.154. The Labute approximate surface area is 119 Å². The molecular weight excluding hydrogens is 252 g/mol. The fourth-order valence-electron chi connectivity index (χ4n) is 3.66. The highest BCUT2D eigenvalue weighted by molar-refractivity contribution is 5.94. The lowest BCUT2D eigenvalue weighted by molar-refractivity contribution is -0.121. The second-order valence-corrected chi connectivity index (χ2v) is 5.90. The number of hydrogen-bond acceptors (Lipinski definition) is 3. The van der Waals surface area contributed by atoms with Gasteiger partial charge in [-0.15, -0.1) is 0 Å². The van der Waals surface area contributed by atoms with E-state index < -0.39 is 0 Å². The lowest BCUT2D eigenvalue weighted by Crippen LogP contribution is -2.27. The summed E-state index contributed by atoms with van der Waals surface area (Å²) in [6.45, 7) is 0.926. The summed E-state index contributed by atoms with van der Waals surface area (Å²) in [6.07, 6.45) is 4.82. The Bertz CT molecular complexity index is 489. The van der Waals surface area contributed by atoms with E-state index in [-0.39, 0.29) is 11.8 Å². The highest BCUT2D eigenvalue weighted by atomic mass is 16.5. The van der Waals surface area contributed by atoms with Gasteiger partial charge in [0, 0.05) is 12.5 Å². The van der Waals surface area contributed by atoms with Gasteiger partial charge in [0.25, 0.3) is 0 Å². The maximum absolute atomic E-state index is 12.4. The summed E-state index contributed by atoms with van der Waals surface area (Å²) < 4.78 is 5.57. The number of nitrogens with one attached hydrogen (secondary N) is 1. The summed E-state index contributed by atoms with van der Waals surface area (Å²) in [5.41, 5.74) is 6.21. The molecule has 2 aliphatic rings. The van der Waals surface area contributed by atoms with Crippen LogP contribution in [0.2, 0.25) is 0 Å². The molecule has 4 nitrogen and oxygen atoms in total. The summed E-state index contributed by atoms with van der Waals surface area (Å²) in [5, 5.41) is 3.04. The molecule has 20 heavy (non-hydrogen) atoms. The number of benzene rings is 1. The molecule has 1 aromatic carbocycles. The third-order valence-electron chi connectivity index (χ3n) is 4.60. The van der Waals surface area contributed by atoms with Crippen molar-refractivity contribution >= 4 is 11.6 Å². The number of fused-ring (bicyclic) bond motifs is 2. The van der Waals surface area contributed by atoms with Gasteiger partial charge in [0.05, 0.1) is 5.69 Å². The molecule has 2 fully saturated rings. The summed E-state index contributed by atoms with van der Waals surface area (Å²) in [5.74, 6) is 2.42. The smallest absolute Gasteiger partial charge is 0.227 e. The van der Waals surface area contributed by atoms with E-state index in [1.165, 1.54) is 19.3 Å². The van der Waals surface area contributed by atoms with Crippen molar-refractivity contribution < 1.29 is 9.53 Å². The van der Waals surface area contributed by atoms with Crippen molar-refractivity contribution in [3.63, 3.8) is 0 Å². The molecule has 1 amide bonds. The molecule has 3 unspecified atom stereocenters. The van der Waals surface area contributed by atoms with Gasteiger partial charge < -0.3 is 15.8 Å². The highest BCUT2D eigenvalue weighted by Gasteiger charge is 2.43. The van der Waals surface area contributed by atoms with Crippen LogP contribution in [0.1, 0.15) is 25.7 Å². The Morgan fingerprint density at radius 3 is 2.85 bits per heavy atom. The molecular formula is C16H22N2O2. The van der Waals surface area contributed by atoms with Crippen LogP contribution >= 0.6 is 0 Å². The summed E-state index contributed by atoms with van der Waals surface area (Å²) in [4.78, 5) is 12.4.